The minimum Gasteiger partial charge on any atom is -0.358 e. The number of anilines is 2. The van der Waals surface area contributed by atoms with Gasteiger partial charge < -0.3 is 19.9 Å². The summed E-state index contributed by atoms with van der Waals surface area (Å²) in [5, 5.41) is 5.32. The maximum Gasteiger partial charge on any atom is 0.187 e. The summed E-state index contributed by atoms with van der Waals surface area (Å²) in [5.74, 6) is 1.63. The normalized spacial score (nSPS) is 19.4. The van der Waals surface area contributed by atoms with E-state index in [1.807, 2.05) is 6.07 Å². The summed E-state index contributed by atoms with van der Waals surface area (Å²) in [4.78, 5) is 10.5. The number of aliphatic imine (C=N–C) groups is 1. The SMILES string of the molecule is C=C(N1CCC(OC2N=CNc3c(-c4cccc(F)c4)csc32)CC1)N(CC1CC1)c1ccccc1C. The first-order valence-corrected chi connectivity index (χ1v) is 14.0. The standard InChI is InChI=1S/C30H33FN4OS/c1-20-6-3-4-9-27(20)35(17-22-10-11-22)21(2)34-14-12-25(13-15-34)36-30-29-28(32-19-33-30)26(18-37-29)23-7-5-8-24(31)16-23/h3-9,16,18-19,22,25,30H,2,10-15,17H2,1H3,(H,32,33). The van der Waals surface area contributed by atoms with E-state index < -0.39 is 0 Å². The van der Waals surface area contributed by atoms with Gasteiger partial charge in [0.25, 0.3) is 0 Å². The molecule has 37 heavy (non-hydrogen) atoms. The van der Waals surface area contributed by atoms with Crippen molar-refractivity contribution in [2.24, 2.45) is 10.9 Å². The number of hydrogen-bond acceptors (Lipinski definition) is 6. The van der Waals surface area contributed by atoms with E-state index in [0.29, 0.717) is 0 Å². The molecule has 1 aromatic heterocycles. The summed E-state index contributed by atoms with van der Waals surface area (Å²) in [6.07, 6.45) is 6.00. The fourth-order valence-corrected chi connectivity index (χ4v) is 6.30. The van der Waals surface area contributed by atoms with Crippen molar-refractivity contribution in [2.75, 3.05) is 29.9 Å². The van der Waals surface area contributed by atoms with Crippen molar-refractivity contribution in [3.8, 4) is 11.1 Å². The fraction of sp³-hybridized carbons (Fsp3) is 0.367. The number of fused-ring (bicyclic) bond motifs is 1. The van der Waals surface area contributed by atoms with Gasteiger partial charge in [0.1, 0.15) is 11.6 Å². The van der Waals surface area contributed by atoms with Gasteiger partial charge in [0, 0.05) is 36.3 Å². The Balaban J connectivity index is 1.11. The molecule has 0 amide bonds. The number of nitrogens with zero attached hydrogens (tertiary/aromatic N) is 3. The second-order valence-electron chi connectivity index (χ2n) is 10.3. The highest BCUT2D eigenvalue weighted by molar-refractivity contribution is 7.11. The number of hydrogen-bond donors (Lipinski definition) is 1. The molecule has 2 aromatic carbocycles. The second-order valence-corrected chi connectivity index (χ2v) is 11.2. The van der Waals surface area contributed by atoms with Crippen molar-refractivity contribution < 1.29 is 9.13 Å². The molecule has 0 spiro atoms. The van der Waals surface area contributed by atoms with E-state index >= 15 is 0 Å². The van der Waals surface area contributed by atoms with E-state index in [0.717, 1.165) is 65.9 Å². The van der Waals surface area contributed by atoms with E-state index in [2.05, 4.69) is 63.3 Å². The quantitative estimate of drug-likeness (QED) is 0.344. The Morgan fingerprint density at radius 1 is 1.16 bits per heavy atom. The average molecular weight is 517 g/mol. The zero-order chi connectivity index (χ0) is 25.4. The van der Waals surface area contributed by atoms with Crippen LogP contribution in [0.15, 0.2) is 71.3 Å². The summed E-state index contributed by atoms with van der Waals surface area (Å²) < 4.78 is 20.3. The Bertz CT molecular complexity index is 1310. The highest BCUT2D eigenvalue weighted by Crippen LogP contribution is 2.43. The molecule has 1 N–H and O–H groups in total. The Labute approximate surface area is 222 Å². The average Bonchev–Trinajstić information content (AvgIpc) is 3.63. The van der Waals surface area contributed by atoms with Crippen LogP contribution in [0.4, 0.5) is 15.8 Å². The highest BCUT2D eigenvalue weighted by Gasteiger charge is 2.31. The van der Waals surface area contributed by atoms with Gasteiger partial charge >= 0.3 is 0 Å². The second kappa shape index (κ2) is 10.3. The predicted octanol–water partition coefficient (Wildman–Crippen LogP) is 7.18. The van der Waals surface area contributed by atoms with E-state index in [9.17, 15) is 4.39 Å². The zero-order valence-electron chi connectivity index (χ0n) is 21.2. The number of likely N-dealkylation sites (tertiary alicyclic amines) is 1. The molecule has 3 heterocycles. The number of benzene rings is 2. The van der Waals surface area contributed by atoms with Crippen LogP contribution in [-0.4, -0.2) is 37.0 Å². The molecule has 1 saturated carbocycles. The van der Waals surface area contributed by atoms with Gasteiger partial charge in [-0.25, -0.2) is 9.38 Å². The molecule has 1 aliphatic carbocycles. The zero-order valence-corrected chi connectivity index (χ0v) is 22.0. The monoisotopic (exact) mass is 516 g/mol. The molecule has 3 aliphatic rings. The summed E-state index contributed by atoms with van der Waals surface area (Å²) in [6, 6.07) is 15.3. The van der Waals surface area contributed by atoms with Gasteiger partial charge in [-0.05, 0) is 67.9 Å². The number of thiophene rings is 1. The minimum absolute atomic E-state index is 0.132. The van der Waals surface area contributed by atoms with Crippen molar-refractivity contribution in [3.63, 3.8) is 0 Å². The molecule has 2 fully saturated rings. The van der Waals surface area contributed by atoms with Gasteiger partial charge in [0.15, 0.2) is 6.23 Å². The van der Waals surface area contributed by atoms with Gasteiger partial charge in [-0.15, -0.1) is 11.3 Å². The van der Waals surface area contributed by atoms with Crippen LogP contribution in [0.2, 0.25) is 0 Å². The van der Waals surface area contributed by atoms with Crippen LogP contribution >= 0.6 is 11.3 Å². The van der Waals surface area contributed by atoms with Gasteiger partial charge in [-0.2, -0.15) is 0 Å². The number of ether oxygens (including phenoxy) is 1. The van der Waals surface area contributed by atoms with Crippen molar-refractivity contribution in [1.29, 1.82) is 0 Å². The molecule has 0 bridgehead atoms. The van der Waals surface area contributed by atoms with Crippen LogP contribution in [0.1, 0.15) is 42.4 Å². The van der Waals surface area contributed by atoms with Crippen molar-refractivity contribution in [3.05, 3.63) is 82.6 Å². The number of nitrogens with one attached hydrogen (secondary N) is 1. The molecule has 192 valence electrons. The summed E-state index contributed by atoms with van der Waals surface area (Å²) in [6.45, 7) is 9.59. The number of rotatable bonds is 8. The van der Waals surface area contributed by atoms with E-state index in [4.69, 9.17) is 4.74 Å². The number of piperidine rings is 1. The molecular formula is C30H33FN4OS. The first-order valence-electron chi connectivity index (χ1n) is 13.1. The van der Waals surface area contributed by atoms with E-state index in [1.54, 1.807) is 29.8 Å². The molecule has 1 atom stereocenters. The summed E-state index contributed by atoms with van der Waals surface area (Å²) in [5.41, 5.74) is 5.36. The largest absolute Gasteiger partial charge is 0.358 e. The lowest BCUT2D eigenvalue weighted by atomic mass is 10.1. The fourth-order valence-electron chi connectivity index (χ4n) is 5.28. The van der Waals surface area contributed by atoms with Gasteiger partial charge in [-0.3, -0.25) is 0 Å². The third-order valence-electron chi connectivity index (χ3n) is 7.58. The maximum atomic E-state index is 13.8. The first-order chi connectivity index (χ1) is 18.1. The first kappa shape index (κ1) is 24.2. The summed E-state index contributed by atoms with van der Waals surface area (Å²) in [7, 11) is 0. The van der Waals surface area contributed by atoms with Crippen LogP contribution in [-0.2, 0) is 4.74 Å². The lowest BCUT2D eigenvalue weighted by Crippen LogP contribution is -2.42. The Kier molecular flexibility index (Phi) is 6.74. The number of aryl methyl sites for hydroxylation is 1. The minimum atomic E-state index is -0.332. The lowest BCUT2D eigenvalue weighted by Gasteiger charge is -2.40. The molecule has 0 radical (unpaired) electrons. The predicted molar refractivity (Wildman–Crippen MR) is 151 cm³/mol. The lowest BCUT2D eigenvalue weighted by molar-refractivity contribution is -0.0347. The molecular weight excluding hydrogens is 483 g/mol. The molecule has 1 saturated heterocycles. The van der Waals surface area contributed by atoms with E-state index in [1.165, 1.54) is 30.2 Å². The highest BCUT2D eigenvalue weighted by atomic mass is 32.1. The van der Waals surface area contributed by atoms with Crippen LogP contribution in [0, 0.1) is 18.7 Å². The summed E-state index contributed by atoms with van der Waals surface area (Å²) >= 11 is 1.61. The Hall–Kier alpha value is -3.16. The van der Waals surface area contributed by atoms with Gasteiger partial charge in [0.05, 0.1) is 23.0 Å². The Morgan fingerprint density at radius 2 is 1.97 bits per heavy atom. The third-order valence-corrected chi connectivity index (χ3v) is 8.60. The number of para-hydroxylation sites is 1. The smallest absolute Gasteiger partial charge is 0.187 e. The van der Waals surface area contributed by atoms with Crippen molar-refractivity contribution in [2.45, 2.75) is 44.9 Å². The molecule has 7 heteroatoms. The van der Waals surface area contributed by atoms with Crippen molar-refractivity contribution in [1.82, 2.24) is 4.90 Å². The molecule has 1 unspecified atom stereocenters. The molecule has 3 aromatic rings. The van der Waals surface area contributed by atoms with Crippen LogP contribution in [0.3, 0.4) is 0 Å². The molecule has 2 aliphatic heterocycles. The Morgan fingerprint density at radius 3 is 2.73 bits per heavy atom. The topological polar surface area (TPSA) is 40.1 Å². The van der Waals surface area contributed by atoms with Crippen LogP contribution in [0.25, 0.3) is 11.1 Å². The van der Waals surface area contributed by atoms with Gasteiger partial charge in [-0.1, -0.05) is 36.9 Å². The maximum absolute atomic E-state index is 13.8. The van der Waals surface area contributed by atoms with Crippen LogP contribution < -0.4 is 10.2 Å². The third kappa shape index (κ3) is 5.15. The number of halogens is 1. The molecule has 6 rings (SSSR count). The molecule has 5 nitrogen and oxygen atoms in total. The van der Waals surface area contributed by atoms with E-state index in [-0.39, 0.29) is 18.1 Å². The van der Waals surface area contributed by atoms with Crippen molar-refractivity contribution >= 4 is 29.1 Å². The van der Waals surface area contributed by atoms with Crippen LogP contribution in [0.5, 0.6) is 0 Å². The van der Waals surface area contributed by atoms with Gasteiger partial charge in [0.2, 0.25) is 0 Å².